The average molecular weight is 353 g/mol. The molecule has 0 unspecified atom stereocenters. The van der Waals surface area contributed by atoms with Crippen LogP contribution in [0.1, 0.15) is 34.6 Å². The zero-order valence-electron chi connectivity index (χ0n) is 15.8. The molecule has 1 aliphatic rings. The summed E-state index contributed by atoms with van der Waals surface area (Å²) in [6, 6.07) is 15.0. The van der Waals surface area contributed by atoms with Crippen LogP contribution in [0.5, 0.6) is 11.5 Å². The first-order valence-electron chi connectivity index (χ1n) is 8.68. The lowest BCUT2D eigenvalue weighted by Crippen LogP contribution is -2.41. The van der Waals surface area contributed by atoms with Gasteiger partial charge in [0, 0.05) is 6.92 Å². The van der Waals surface area contributed by atoms with E-state index in [1.807, 2.05) is 70.2 Å². The maximum Gasteiger partial charge on any atom is 0.494 e. The SMILES string of the molecule is CC(=O)Nc1ccc(B2OC(C)(C)C(C)(C)O2)cc1Oc1ccccc1. The Labute approximate surface area is 154 Å². The van der Waals surface area contributed by atoms with Crippen molar-refractivity contribution in [2.75, 3.05) is 5.32 Å². The predicted octanol–water partition coefficient (Wildman–Crippen LogP) is 3.74. The number of nitrogens with one attached hydrogen (secondary N) is 1. The summed E-state index contributed by atoms with van der Waals surface area (Å²) < 4.78 is 18.2. The molecule has 3 rings (SSSR count). The molecule has 6 heteroatoms. The van der Waals surface area contributed by atoms with E-state index >= 15 is 0 Å². The first-order valence-corrected chi connectivity index (χ1v) is 8.68. The molecule has 136 valence electrons. The van der Waals surface area contributed by atoms with Gasteiger partial charge in [-0.3, -0.25) is 4.79 Å². The van der Waals surface area contributed by atoms with Crippen molar-refractivity contribution in [2.24, 2.45) is 0 Å². The molecule has 0 atom stereocenters. The molecule has 1 heterocycles. The fourth-order valence-corrected chi connectivity index (χ4v) is 2.66. The van der Waals surface area contributed by atoms with Crippen LogP contribution in [0.4, 0.5) is 5.69 Å². The Morgan fingerprint density at radius 3 is 2.19 bits per heavy atom. The van der Waals surface area contributed by atoms with Crippen molar-refractivity contribution < 1.29 is 18.8 Å². The maximum atomic E-state index is 11.5. The van der Waals surface area contributed by atoms with E-state index in [2.05, 4.69) is 5.32 Å². The molecule has 0 spiro atoms. The molecule has 0 aliphatic carbocycles. The molecule has 0 radical (unpaired) electrons. The summed E-state index contributed by atoms with van der Waals surface area (Å²) in [5, 5.41) is 2.80. The van der Waals surface area contributed by atoms with Crippen LogP contribution in [0, 0.1) is 0 Å². The highest BCUT2D eigenvalue weighted by Crippen LogP contribution is 2.37. The highest BCUT2D eigenvalue weighted by molar-refractivity contribution is 6.62. The summed E-state index contributed by atoms with van der Waals surface area (Å²) in [7, 11) is -0.496. The molecule has 2 aromatic carbocycles. The minimum Gasteiger partial charge on any atom is -0.455 e. The number of para-hydroxylation sites is 1. The van der Waals surface area contributed by atoms with Gasteiger partial charge in [0.15, 0.2) is 5.75 Å². The number of benzene rings is 2. The molecule has 1 saturated heterocycles. The van der Waals surface area contributed by atoms with Crippen LogP contribution in [-0.4, -0.2) is 24.2 Å². The molecule has 1 aliphatic heterocycles. The Kier molecular flexibility index (Phi) is 4.82. The van der Waals surface area contributed by atoms with E-state index < -0.39 is 18.3 Å². The highest BCUT2D eigenvalue weighted by atomic mass is 16.7. The van der Waals surface area contributed by atoms with Crippen molar-refractivity contribution in [3.8, 4) is 11.5 Å². The van der Waals surface area contributed by atoms with Crippen molar-refractivity contribution >= 4 is 24.2 Å². The zero-order chi connectivity index (χ0) is 18.9. The van der Waals surface area contributed by atoms with Crippen LogP contribution in [-0.2, 0) is 14.1 Å². The summed E-state index contributed by atoms with van der Waals surface area (Å²) in [5.74, 6) is 1.06. The number of hydrogen-bond donors (Lipinski definition) is 1. The predicted molar refractivity (Wildman–Crippen MR) is 103 cm³/mol. The largest absolute Gasteiger partial charge is 0.494 e. The van der Waals surface area contributed by atoms with E-state index in [1.165, 1.54) is 6.92 Å². The van der Waals surface area contributed by atoms with Gasteiger partial charge in [-0.2, -0.15) is 0 Å². The molecule has 2 aromatic rings. The number of carbonyl (C=O) groups is 1. The van der Waals surface area contributed by atoms with Crippen LogP contribution in [0.3, 0.4) is 0 Å². The van der Waals surface area contributed by atoms with Crippen molar-refractivity contribution in [1.82, 2.24) is 0 Å². The topological polar surface area (TPSA) is 56.8 Å². The van der Waals surface area contributed by atoms with Gasteiger partial charge in [0.1, 0.15) is 5.75 Å². The fraction of sp³-hybridized carbons (Fsp3) is 0.350. The number of rotatable bonds is 4. The van der Waals surface area contributed by atoms with Gasteiger partial charge in [0.25, 0.3) is 0 Å². The van der Waals surface area contributed by atoms with Gasteiger partial charge in [-0.1, -0.05) is 24.3 Å². The summed E-state index contributed by atoms with van der Waals surface area (Å²) in [6.07, 6.45) is 0. The molecule has 0 aromatic heterocycles. The second-order valence-corrected chi connectivity index (χ2v) is 7.44. The van der Waals surface area contributed by atoms with Gasteiger partial charge in [0.2, 0.25) is 5.91 Å². The molecule has 1 N–H and O–H groups in total. The van der Waals surface area contributed by atoms with Gasteiger partial charge in [-0.15, -0.1) is 0 Å². The van der Waals surface area contributed by atoms with E-state index in [9.17, 15) is 4.79 Å². The number of carbonyl (C=O) groups excluding carboxylic acids is 1. The fourth-order valence-electron chi connectivity index (χ4n) is 2.66. The van der Waals surface area contributed by atoms with E-state index in [4.69, 9.17) is 14.0 Å². The normalized spacial score (nSPS) is 17.8. The number of ether oxygens (including phenoxy) is 1. The Morgan fingerprint density at radius 1 is 1.00 bits per heavy atom. The Hall–Kier alpha value is -2.31. The Bertz CT molecular complexity index is 789. The molecule has 1 fully saturated rings. The third kappa shape index (κ3) is 3.76. The number of anilines is 1. The monoisotopic (exact) mass is 353 g/mol. The van der Waals surface area contributed by atoms with Gasteiger partial charge >= 0.3 is 7.12 Å². The van der Waals surface area contributed by atoms with Gasteiger partial charge in [-0.05, 0) is 57.4 Å². The van der Waals surface area contributed by atoms with Crippen LogP contribution in [0.15, 0.2) is 48.5 Å². The Balaban J connectivity index is 1.93. The Morgan fingerprint density at radius 2 is 1.62 bits per heavy atom. The number of hydrogen-bond acceptors (Lipinski definition) is 4. The zero-order valence-corrected chi connectivity index (χ0v) is 15.8. The standard InChI is InChI=1S/C20H24BNO4/c1-14(23)22-17-12-11-15(21-25-19(2,3)20(4,5)26-21)13-18(17)24-16-9-7-6-8-10-16/h6-13H,1-5H3,(H,22,23). The lowest BCUT2D eigenvalue weighted by atomic mass is 9.79. The summed E-state index contributed by atoms with van der Waals surface area (Å²) >= 11 is 0. The molecule has 0 saturated carbocycles. The summed E-state index contributed by atoms with van der Waals surface area (Å²) in [5.41, 5.74) is 0.591. The molecule has 1 amide bonds. The lowest BCUT2D eigenvalue weighted by molar-refractivity contribution is -0.114. The first kappa shape index (κ1) is 18.5. The van der Waals surface area contributed by atoms with Crippen molar-refractivity contribution in [1.29, 1.82) is 0 Å². The van der Waals surface area contributed by atoms with Gasteiger partial charge in [-0.25, -0.2) is 0 Å². The van der Waals surface area contributed by atoms with Crippen molar-refractivity contribution in [2.45, 2.75) is 45.8 Å². The molecule has 0 bridgehead atoms. The van der Waals surface area contributed by atoms with E-state index in [1.54, 1.807) is 6.07 Å². The third-order valence-electron chi connectivity index (χ3n) is 4.81. The first-order chi connectivity index (χ1) is 12.2. The molecule has 5 nitrogen and oxygen atoms in total. The van der Waals surface area contributed by atoms with Crippen molar-refractivity contribution in [3.63, 3.8) is 0 Å². The van der Waals surface area contributed by atoms with E-state index in [0.717, 1.165) is 5.46 Å². The van der Waals surface area contributed by atoms with Gasteiger partial charge in [0.05, 0.1) is 16.9 Å². The second-order valence-electron chi connectivity index (χ2n) is 7.44. The minimum atomic E-state index is -0.496. The second kappa shape index (κ2) is 6.78. The summed E-state index contributed by atoms with van der Waals surface area (Å²) in [6.45, 7) is 9.52. The third-order valence-corrected chi connectivity index (χ3v) is 4.81. The van der Waals surface area contributed by atoms with Crippen molar-refractivity contribution in [3.05, 3.63) is 48.5 Å². The van der Waals surface area contributed by atoms with Crippen LogP contribution < -0.4 is 15.5 Å². The van der Waals surface area contributed by atoms with Gasteiger partial charge < -0.3 is 19.4 Å². The molecule has 26 heavy (non-hydrogen) atoms. The number of amides is 1. The van der Waals surface area contributed by atoms with E-state index in [-0.39, 0.29) is 5.91 Å². The lowest BCUT2D eigenvalue weighted by Gasteiger charge is -2.32. The smallest absolute Gasteiger partial charge is 0.455 e. The molecular weight excluding hydrogens is 329 g/mol. The van der Waals surface area contributed by atoms with Crippen LogP contribution in [0.2, 0.25) is 0 Å². The van der Waals surface area contributed by atoms with Crippen LogP contribution in [0.25, 0.3) is 0 Å². The van der Waals surface area contributed by atoms with E-state index in [0.29, 0.717) is 17.2 Å². The molecular formula is C20H24BNO4. The summed E-state index contributed by atoms with van der Waals surface area (Å²) in [4.78, 5) is 11.5. The quantitative estimate of drug-likeness (QED) is 0.851. The maximum absolute atomic E-state index is 11.5. The highest BCUT2D eigenvalue weighted by Gasteiger charge is 2.51. The van der Waals surface area contributed by atoms with Crippen LogP contribution >= 0.6 is 0 Å². The minimum absolute atomic E-state index is 0.161. The average Bonchev–Trinajstić information content (AvgIpc) is 2.77.